The lowest BCUT2D eigenvalue weighted by Crippen LogP contribution is -2.40. The highest BCUT2D eigenvalue weighted by atomic mass is 35.5. The number of fused-ring (bicyclic) bond motifs is 1. The molecule has 0 saturated carbocycles. The molecule has 0 atom stereocenters. The van der Waals surface area contributed by atoms with Gasteiger partial charge in [0.1, 0.15) is 17.4 Å². The Morgan fingerprint density at radius 3 is 2.77 bits per heavy atom. The van der Waals surface area contributed by atoms with E-state index in [-0.39, 0.29) is 29.8 Å². The number of anilines is 1. The molecule has 0 aliphatic heterocycles. The van der Waals surface area contributed by atoms with E-state index in [9.17, 15) is 9.59 Å². The summed E-state index contributed by atoms with van der Waals surface area (Å²) in [4.78, 5) is 31.8. The summed E-state index contributed by atoms with van der Waals surface area (Å²) < 4.78 is 14.3. The first-order chi connectivity index (χ1) is 14.9. The Morgan fingerprint density at radius 1 is 1.32 bits per heavy atom. The van der Waals surface area contributed by atoms with Crippen molar-refractivity contribution in [1.29, 1.82) is 0 Å². The average molecular weight is 448 g/mol. The van der Waals surface area contributed by atoms with Gasteiger partial charge >= 0.3 is 5.97 Å². The van der Waals surface area contributed by atoms with E-state index in [4.69, 9.17) is 22.1 Å². The molecule has 0 aliphatic carbocycles. The van der Waals surface area contributed by atoms with Crippen LogP contribution in [0.25, 0.3) is 11.0 Å². The van der Waals surface area contributed by atoms with Crippen LogP contribution in [0.5, 0.6) is 5.75 Å². The molecule has 0 bridgehead atoms. The van der Waals surface area contributed by atoms with Gasteiger partial charge in [-0.25, -0.2) is 23.9 Å². The maximum atomic E-state index is 12.6. The highest BCUT2D eigenvalue weighted by Crippen LogP contribution is 2.22. The average Bonchev–Trinajstić information content (AvgIpc) is 3.08. The molecule has 164 valence electrons. The largest absolute Gasteiger partial charge is 0.482 e. The van der Waals surface area contributed by atoms with E-state index in [1.165, 1.54) is 13.3 Å². The third kappa shape index (κ3) is 4.69. The zero-order valence-electron chi connectivity index (χ0n) is 17.5. The van der Waals surface area contributed by atoms with Crippen LogP contribution >= 0.6 is 11.6 Å². The fraction of sp³-hybridized carbons (Fsp3) is 0.350. The number of aromatic nitrogens is 4. The summed E-state index contributed by atoms with van der Waals surface area (Å²) in [5.74, 6) is 0.512. The number of carbonyl (C=O) groups is 2. The molecule has 3 rings (SSSR count). The van der Waals surface area contributed by atoms with Gasteiger partial charge in [0.25, 0.3) is 11.7 Å². The maximum Gasteiger partial charge on any atom is 0.343 e. The smallest absolute Gasteiger partial charge is 0.343 e. The van der Waals surface area contributed by atoms with Crippen molar-refractivity contribution in [3.05, 3.63) is 41.1 Å². The fourth-order valence-corrected chi connectivity index (χ4v) is 3.48. The molecule has 1 amide bonds. The monoisotopic (exact) mass is 447 g/mol. The molecule has 10 nitrogen and oxygen atoms in total. The van der Waals surface area contributed by atoms with Crippen LogP contribution in [0.4, 0.5) is 5.82 Å². The number of nitrogens with one attached hydrogen (secondary N) is 1. The zero-order valence-corrected chi connectivity index (χ0v) is 18.3. The maximum absolute atomic E-state index is 12.6. The number of nitrogens with two attached hydrogens (primary N) is 1. The van der Waals surface area contributed by atoms with Gasteiger partial charge in [-0.3, -0.25) is 4.79 Å². The van der Waals surface area contributed by atoms with Crippen molar-refractivity contribution in [2.45, 2.75) is 33.5 Å². The van der Waals surface area contributed by atoms with Gasteiger partial charge in [-0.05, 0) is 26.0 Å². The number of carbonyl (C=O) groups excluding carboxylic acids is 2. The van der Waals surface area contributed by atoms with Gasteiger partial charge < -0.3 is 20.5 Å². The van der Waals surface area contributed by atoms with E-state index < -0.39 is 11.9 Å². The topological polar surface area (TPSA) is 125 Å². The van der Waals surface area contributed by atoms with Gasteiger partial charge in [0.05, 0.1) is 26.4 Å². The predicted molar refractivity (Wildman–Crippen MR) is 114 cm³/mol. The van der Waals surface area contributed by atoms with Crippen LogP contribution in [0, 0.1) is 0 Å². The molecule has 0 spiro atoms. The van der Waals surface area contributed by atoms with Crippen LogP contribution in [0.3, 0.4) is 0 Å². The molecule has 1 aromatic carbocycles. The third-order valence-corrected chi connectivity index (χ3v) is 4.94. The minimum Gasteiger partial charge on any atom is -0.482 e. The molecule has 0 aliphatic rings. The molecular weight excluding hydrogens is 424 g/mol. The lowest BCUT2D eigenvalue weighted by atomic mass is 10.3. The molecule has 31 heavy (non-hydrogen) atoms. The van der Waals surface area contributed by atoms with Crippen molar-refractivity contribution in [3.63, 3.8) is 0 Å². The number of esters is 1. The first-order valence-electron chi connectivity index (χ1n) is 9.70. The van der Waals surface area contributed by atoms with Gasteiger partial charge in [0.15, 0.2) is 29.2 Å². The van der Waals surface area contributed by atoms with Gasteiger partial charge in [-0.1, -0.05) is 11.6 Å². The molecule has 11 heteroatoms. The van der Waals surface area contributed by atoms with Crippen molar-refractivity contribution < 1.29 is 23.6 Å². The lowest BCUT2D eigenvalue weighted by Gasteiger charge is -2.07. The number of nitrogen functional groups attached to an aromatic ring is 1. The molecule has 2 heterocycles. The summed E-state index contributed by atoms with van der Waals surface area (Å²) in [6.45, 7) is 5.44. The molecule has 0 radical (unpaired) electrons. The Balaban J connectivity index is 1.91. The van der Waals surface area contributed by atoms with Crippen molar-refractivity contribution in [3.8, 4) is 5.75 Å². The number of aryl methyl sites for hydroxylation is 2. The molecule has 0 unspecified atom stereocenters. The van der Waals surface area contributed by atoms with Gasteiger partial charge in [0, 0.05) is 6.07 Å². The van der Waals surface area contributed by atoms with Crippen LogP contribution in [-0.4, -0.2) is 40.1 Å². The summed E-state index contributed by atoms with van der Waals surface area (Å²) in [6, 6.07) is 5.57. The molecule has 2 aromatic heterocycles. The van der Waals surface area contributed by atoms with Crippen molar-refractivity contribution in [1.82, 2.24) is 19.9 Å². The van der Waals surface area contributed by atoms with Gasteiger partial charge in [-0.2, -0.15) is 0 Å². The van der Waals surface area contributed by atoms with Crippen LogP contribution < -0.4 is 20.4 Å². The standard InChI is InChI=1S/C20H23ClN6O4/c1-4-26-13-7-6-12(31-11-17(28)30-3)8-14(13)27(5-2)16(26)10-24-20(29)18-19(22)23-9-15(21)25-18/h6-9H,4-5,10-11H2,1-3H3,(H2-,22,23,24,29)/p+1. The molecule has 3 aromatic rings. The number of amides is 1. The Bertz CT molecular complexity index is 1130. The first kappa shape index (κ1) is 22.3. The summed E-state index contributed by atoms with van der Waals surface area (Å²) in [5.41, 5.74) is 7.63. The highest BCUT2D eigenvalue weighted by Gasteiger charge is 2.25. The second kappa shape index (κ2) is 9.61. The number of rotatable bonds is 8. The van der Waals surface area contributed by atoms with Crippen LogP contribution in [0.1, 0.15) is 30.2 Å². The molecule has 0 fully saturated rings. The van der Waals surface area contributed by atoms with Crippen molar-refractivity contribution in [2.75, 3.05) is 19.5 Å². The van der Waals surface area contributed by atoms with E-state index >= 15 is 0 Å². The number of benzene rings is 1. The van der Waals surface area contributed by atoms with E-state index in [1.54, 1.807) is 6.07 Å². The molecule has 3 N–H and O–H groups in total. The van der Waals surface area contributed by atoms with Crippen LogP contribution in [-0.2, 0) is 29.2 Å². The number of halogens is 1. The number of ether oxygens (including phenoxy) is 2. The summed E-state index contributed by atoms with van der Waals surface area (Å²) in [6.07, 6.45) is 1.29. The molecule has 0 saturated heterocycles. The first-order valence-corrected chi connectivity index (χ1v) is 10.1. The van der Waals surface area contributed by atoms with E-state index in [0.29, 0.717) is 18.8 Å². The number of methoxy groups -OCH3 is 1. The fourth-order valence-electron chi connectivity index (χ4n) is 3.35. The van der Waals surface area contributed by atoms with Crippen LogP contribution in [0.2, 0.25) is 5.15 Å². The number of hydrogen-bond donors (Lipinski definition) is 2. The van der Waals surface area contributed by atoms with E-state index in [0.717, 1.165) is 16.9 Å². The minimum absolute atomic E-state index is 0.00806. The third-order valence-electron chi connectivity index (χ3n) is 4.76. The van der Waals surface area contributed by atoms with Gasteiger partial charge in [0.2, 0.25) is 0 Å². The normalized spacial score (nSPS) is 10.8. The number of nitrogens with zero attached hydrogens (tertiary/aromatic N) is 4. The zero-order chi connectivity index (χ0) is 22.5. The molecular formula is C20H24ClN6O4+. The SMILES string of the molecule is CCn1c(CNC(=O)c2nc(Cl)cnc2N)[n+](CC)c2ccc(OCC(=O)OC)cc21. The second-order valence-corrected chi connectivity index (χ2v) is 6.92. The Morgan fingerprint density at radius 2 is 2.10 bits per heavy atom. The van der Waals surface area contributed by atoms with Crippen molar-refractivity contribution >= 4 is 40.3 Å². The Labute approximate surface area is 183 Å². The number of hydrogen-bond acceptors (Lipinski definition) is 7. The summed E-state index contributed by atoms with van der Waals surface area (Å²) in [5, 5.41) is 2.93. The summed E-state index contributed by atoms with van der Waals surface area (Å²) in [7, 11) is 1.31. The summed E-state index contributed by atoms with van der Waals surface area (Å²) >= 11 is 5.84. The van der Waals surface area contributed by atoms with Crippen molar-refractivity contribution in [2.24, 2.45) is 0 Å². The Kier molecular flexibility index (Phi) is 6.91. The van der Waals surface area contributed by atoms with E-state index in [2.05, 4.69) is 29.2 Å². The quantitative estimate of drug-likeness (QED) is 0.395. The van der Waals surface area contributed by atoms with E-state index in [1.807, 2.05) is 26.0 Å². The minimum atomic E-state index is -0.467. The lowest BCUT2D eigenvalue weighted by molar-refractivity contribution is -0.676. The Hall–Kier alpha value is -3.40. The van der Waals surface area contributed by atoms with Gasteiger partial charge in [-0.15, -0.1) is 0 Å². The predicted octanol–water partition coefficient (Wildman–Crippen LogP) is 1.48. The van der Waals surface area contributed by atoms with Crippen LogP contribution in [0.15, 0.2) is 24.4 Å². The highest BCUT2D eigenvalue weighted by molar-refractivity contribution is 6.29. The number of imidazole rings is 1. The second-order valence-electron chi connectivity index (χ2n) is 6.53.